The summed E-state index contributed by atoms with van der Waals surface area (Å²) in [5.74, 6) is 0.933. The molecule has 2 aromatic rings. The zero-order chi connectivity index (χ0) is 27.9. The van der Waals surface area contributed by atoms with Crippen molar-refractivity contribution in [3.05, 3.63) is 53.6 Å². The smallest absolute Gasteiger partial charge is 0.254 e. The summed E-state index contributed by atoms with van der Waals surface area (Å²) >= 11 is 0. The van der Waals surface area contributed by atoms with E-state index in [-0.39, 0.29) is 23.6 Å². The number of methoxy groups -OCH3 is 1. The number of hydrogen-bond acceptors (Lipinski definition) is 6. The lowest BCUT2D eigenvalue weighted by Gasteiger charge is -2.37. The summed E-state index contributed by atoms with van der Waals surface area (Å²) in [6.07, 6.45) is 5.53. The van der Waals surface area contributed by atoms with E-state index in [0.717, 1.165) is 55.8 Å². The molecule has 9 heteroatoms. The fourth-order valence-corrected chi connectivity index (χ4v) is 5.92. The summed E-state index contributed by atoms with van der Waals surface area (Å²) in [7, 11) is 1.63. The van der Waals surface area contributed by atoms with Crippen LogP contribution >= 0.6 is 0 Å². The molecule has 2 N–H and O–H groups in total. The molecule has 40 heavy (non-hydrogen) atoms. The molecule has 2 aromatic carbocycles. The Kier molecular flexibility index (Phi) is 9.21. The quantitative estimate of drug-likeness (QED) is 0.553. The van der Waals surface area contributed by atoms with Crippen LogP contribution in [-0.4, -0.2) is 87.0 Å². The van der Waals surface area contributed by atoms with Gasteiger partial charge >= 0.3 is 0 Å². The van der Waals surface area contributed by atoms with Crippen LogP contribution in [0.5, 0.6) is 5.75 Å². The van der Waals surface area contributed by atoms with Gasteiger partial charge in [-0.15, -0.1) is 0 Å². The van der Waals surface area contributed by atoms with Gasteiger partial charge in [0.25, 0.3) is 5.91 Å². The van der Waals surface area contributed by atoms with Crippen molar-refractivity contribution in [2.75, 3.05) is 69.7 Å². The van der Waals surface area contributed by atoms with E-state index < -0.39 is 0 Å². The number of carbonyl (C=O) groups excluding carboxylic acids is 3. The fourth-order valence-electron chi connectivity index (χ4n) is 5.92. The molecule has 0 radical (unpaired) electrons. The molecular weight excluding hydrogens is 506 g/mol. The van der Waals surface area contributed by atoms with Crippen LogP contribution < -0.4 is 20.3 Å². The molecule has 1 aliphatic carbocycles. The number of benzene rings is 2. The summed E-state index contributed by atoms with van der Waals surface area (Å²) in [5.41, 5.74) is 3.15. The highest BCUT2D eigenvalue weighted by Gasteiger charge is 2.27. The van der Waals surface area contributed by atoms with Crippen molar-refractivity contribution in [1.82, 2.24) is 15.1 Å². The number of amides is 3. The van der Waals surface area contributed by atoms with Crippen LogP contribution in [0.25, 0.3) is 0 Å². The van der Waals surface area contributed by atoms with Crippen LogP contribution in [0.1, 0.15) is 48.0 Å². The molecule has 2 saturated heterocycles. The lowest BCUT2D eigenvalue weighted by Crippen LogP contribution is -2.49. The van der Waals surface area contributed by atoms with Crippen LogP contribution in [0.2, 0.25) is 0 Å². The summed E-state index contributed by atoms with van der Waals surface area (Å²) in [6, 6.07) is 13.3. The third-order valence-electron chi connectivity index (χ3n) is 8.37. The maximum Gasteiger partial charge on any atom is 0.254 e. The Morgan fingerprint density at radius 2 is 1.57 bits per heavy atom. The molecule has 2 aliphatic heterocycles. The zero-order valence-corrected chi connectivity index (χ0v) is 23.5. The predicted octanol–water partition coefficient (Wildman–Crippen LogP) is 3.15. The standard InChI is InChI=1S/C31H41N5O4/c1-40-26-10-7-23(8-11-26)21-29(37)35-19-17-34(18-20-35)28-12-9-25(31(39)36-15-13-32-14-16-36)22-27(28)33-30(38)24-5-3-2-4-6-24/h7-12,22,24,32H,2-6,13-21H2,1H3,(H,33,38). The molecule has 3 aliphatic rings. The highest BCUT2D eigenvalue weighted by molar-refractivity contribution is 6.00. The van der Waals surface area contributed by atoms with Crippen molar-refractivity contribution in [2.24, 2.45) is 5.92 Å². The largest absolute Gasteiger partial charge is 0.497 e. The predicted molar refractivity (Wildman–Crippen MR) is 156 cm³/mol. The third-order valence-corrected chi connectivity index (χ3v) is 8.37. The lowest BCUT2D eigenvalue weighted by atomic mass is 9.88. The van der Waals surface area contributed by atoms with E-state index in [1.165, 1.54) is 6.42 Å². The average Bonchev–Trinajstić information content (AvgIpc) is 3.02. The van der Waals surface area contributed by atoms with Crippen molar-refractivity contribution < 1.29 is 19.1 Å². The second-order valence-electron chi connectivity index (χ2n) is 11.0. The second-order valence-corrected chi connectivity index (χ2v) is 11.0. The van der Waals surface area contributed by atoms with E-state index in [2.05, 4.69) is 15.5 Å². The van der Waals surface area contributed by atoms with E-state index in [1.54, 1.807) is 7.11 Å². The van der Waals surface area contributed by atoms with Crippen LogP contribution in [0.3, 0.4) is 0 Å². The van der Waals surface area contributed by atoms with Gasteiger partial charge in [-0.25, -0.2) is 0 Å². The minimum atomic E-state index is -0.00448. The van der Waals surface area contributed by atoms with E-state index in [1.807, 2.05) is 52.3 Å². The van der Waals surface area contributed by atoms with Crippen LogP contribution in [0.15, 0.2) is 42.5 Å². The Balaban J connectivity index is 1.28. The number of ether oxygens (including phenoxy) is 1. The Labute approximate surface area is 236 Å². The first-order chi connectivity index (χ1) is 19.5. The van der Waals surface area contributed by atoms with Gasteiger partial charge in [-0.1, -0.05) is 31.4 Å². The summed E-state index contributed by atoms with van der Waals surface area (Å²) in [5, 5.41) is 6.48. The maximum absolute atomic E-state index is 13.3. The summed E-state index contributed by atoms with van der Waals surface area (Å²) in [6.45, 7) is 5.46. The minimum Gasteiger partial charge on any atom is -0.497 e. The Morgan fingerprint density at radius 3 is 2.25 bits per heavy atom. The second kappa shape index (κ2) is 13.2. The topological polar surface area (TPSA) is 94.2 Å². The minimum absolute atomic E-state index is 0.00448. The molecule has 0 unspecified atom stereocenters. The first kappa shape index (κ1) is 28.0. The SMILES string of the molecule is COc1ccc(CC(=O)N2CCN(c3ccc(C(=O)N4CCNCC4)cc3NC(=O)C3CCCCC3)CC2)cc1. The van der Waals surface area contributed by atoms with Crippen LogP contribution in [0.4, 0.5) is 11.4 Å². The number of nitrogens with zero attached hydrogens (tertiary/aromatic N) is 3. The van der Waals surface area contributed by atoms with E-state index >= 15 is 0 Å². The number of anilines is 2. The maximum atomic E-state index is 13.3. The van der Waals surface area contributed by atoms with E-state index in [4.69, 9.17) is 4.74 Å². The third kappa shape index (κ3) is 6.75. The molecule has 0 aromatic heterocycles. The van der Waals surface area contributed by atoms with Gasteiger partial charge in [0, 0.05) is 63.8 Å². The molecule has 5 rings (SSSR count). The number of rotatable bonds is 7. The first-order valence-corrected chi connectivity index (χ1v) is 14.6. The monoisotopic (exact) mass is 547 g/mol. The molecule has 0 atom stereocenters. The van der Waals surface area contributed by atoms with E-state index in [9.17, 15) is 14.4 Å². The van der Waals surface area contributed by atoms with Crippen molar-refractivity contribution in [2.45, 2.75) is 38.5 Å². The molecular formula is C31H41N5O4. The molecule has 3 amide bonds. The van der Waals surface area contributed by atoms with Gasteiger partial charge in [-0.3, -0.25) is 14.4 Å². The fraction of sp³-hybridized carbons (Fsp3) is 0.516. The average molecular weight is 548 g/mol. The van der Waals surface area contributed by atoms with E-state index in [0.29, 0.717) is 56.9 Å². The number of carbonyl (C=O) groups is 3. The number of nitrogens with one attached hydrogen (secondary N) is 2. The number of piperazine rings is 2. The molecule has 0 spiro atoms. The van der Waals surface area contributed by atoms with Crippen molar-refractivity contribution in [1.29, 1.82) is 0 Å². The van der Waals surface area contributed by atoms with Crippen LogP contribution in [-0.2, 0) is 16.0 Å². The molecule has 214 valence electrons. The molecule has 9 nitrogen and oxygen atoms in total. The zero-order valence-electron chi connectivity index (χ0n) is 23.5. The van der Waals surface area contributed by atoms with Crippen molar-refractivity contribution in [3.63, 3.8) is 0 Å². The number of hydrogen-bond donors (Lipinski definition) is 2. The van der Waals surface area contributed by atoms with Gasteiger partial charge in [-0.05, 0) is 48.7 Å². The summed E-state index contributed by atoms with van der Waals surface area (Å²) in [4.78, 5) is 45.5. The summed E-state index contributed by atoms with van der Waals surface area (Å²) < 4.78 is 5.21. The Morgan fingerprint density at radius 1 is 0.875 bits per heavy atom. The van der Waals surface area contributed by atoms with Gasteiger partial charge in [0.05, 0.1) is 24.9 Å². The van der Waals surface area contributed by atoms with Gasteiger partial charge in [-0.2, -0.15) is 0 Å². The molecule has 3 fully saturated rings. The highest BCUT2D eigenvalue weighted by Crippen LogP contribution is 2.31. The Bertz CT molecular complexity index is 1180. The van der Waals surface area contributed by atoms with Crippen LogP contribution in [0, 0.1) is 5.92 Å². The van der Waals surface area contributed by atoms with Gasteiger partial charge < -0.3 is 30.1 Å². The van der Waals surface area contributed by atoms with Gasteiger partial charge in [0.15, 0.2) is 0 Å². The van der Waals surface area contributed by atoms with Gasteiger partial charge in [0.1, 0.15) is 5.75 Å². The molecule has 0 bridgehead atoms. The van der Waals surface area contributed by atoms with Crippen molar-refractivity contribution >= 4 is 29.1 Å². The van der Waals surface area contributed by atoms with Crippen molar-refractivity contribution in [3.8, 4) is 5.75 Å². The molecule has 2 heterocycles. The first-order valence-electron chi connectivity index (χ1n) is 14.6. The normalized spacial score (nSPS) is 18.4. The highest BCUT2D eigenvalue weighted by atomic mass is 16.5. The lowest BCUT2D eigenvalue weighted by molar-refractivity contribution is -0.130. The molecule has 1 saturated carbocycles. The Hall–Kier alpha value is -3.59. The van der Waals surface area contributed by atoms with Gasteiger partial charge in [0.2, 0.25) is 11.8 Å².